The fourth-order valence-corrected chi connectivity index (χ4v) is 12.3. The zero-order valence-corrected chi connectivity index (χ0v) is 21.2. The number of allylic oxidation sites excluding steroid dienone is 1. The van der Waals surface area contributed by atoms with Crippen molar-refractivity contribution in [2.24, 2.45) is 0 Å². The maximum atomic E-state index is 12.8. The van der Waals surface area contributed by atoms with E-state index in [1.165, 1.54) is 10.8 Å². The number of rotatable bonds is 8. The molecule has 3 aromatic carbocycles. The normalized spacial score (nSPS) is 13.2. The molecule has 0 bridgehead atoms. The Morgan fingerprint density at radius 3 is 1.78 bits per heavy atom. The molecule has 0 aliphatic carbocycles. The topological polar surface area (TPSA) is 137 Å². The average Bonchev–Trinajstić information content (AvgIpc) is 3.41. The van der Waals surface area contributed by atoms with E-state index in [0.717, 1.165) is 0 Å². The molecule has 5 rings (SSSR count). The van der Waals surface area contributed by atoms with Gasteiger partial charge in [-0.25, -0.2) is 0 Å². The summed E-state index contributed by atoms with van der Waals surface area (Å²) >= 11 is 0. The van der Waals surface area contributed by atoms with Crippen molar-refractivity contribution in [1.29, 1.82) is 5.41 Å². The van der Waals surface area contributed by atoms with Crippen molar-refractivity contribution in [3.63, 3.8) is 0 Å². The molecule has 5 aromatic rings. The average molecular weight is 536 g/mol. The van der Waals surface area contributed by atoms with Crippen molar-refractivity contribution < 1.29 is 28.3 Å². The van der Waals surface area contributed by atoms with Crippen LogP contribution in [0, 0.1) is 15.7 Å². The van der Waals surface area contributed by atoms with Gasteiger partial charge in [0.15, 0.2) is 0 Å². The van der Waals surface area contributed by atoms with E-state index in [9.17, 15) is 19.4 Å². The predicted octanol–water partition coefficient (Wildman–Crippen LogP) is -0.820. The molecule has 188 valence electrons. The van der Waals surface area contributed by atoms with Gasteiger partial charge in [0.1, 0.15) is 0 Å². The molecule has 0 fully saturated rings. The number of fused-ring (bicyclic) bond motifs is 1. The van der Waals surface area contributed by atoms with E-state index in [2.05, 4.69) is 16.7 Å². The molecule has 0 spiro atoms. The molecule has 2 aromatic heterocycles. The monoisotopic (exact) mass is 535 g/mol. The van der Waals surface area contributed by atoms with Gasteiger partial charge in [-0.2, -0.15) is 0 Å². The summed E-state index contributed by atoms with van der Waals surface area (Å²) in [4.78, 5) is 4.28. The first-order valence-electron chi connectivity index (χ1n) is 11.2. The molecule has 0 radical (unpaired) electrons. The van der Waals surface area contributed by atoms with Gasteiger partial charge >= 0.3 is 215 Å². The Balaban J connectivity index is 2.15. The Bertz CT molecular complexity index is 1520. The third-order valence-electron chi connectivity index (χ3n) is 6.27. The van der Waals surface area contributed by atoms with Crippen LogP contribution in [0.1, 0.15) is 0 Å². The molecule has 9 nitrogen and oxygen atoms in total. The van der Waals surface area contributed by atoms with Gasteiger partial charge in [-0.05, 0) is 0 Å². The van der Waals surface area contributed by atoms with Crippen molar-refractivity contribution in [3.05, 3.63) is 122 Å². The van der Waals surface area contributed by atoms with Crippen LogP contribution < -0.4 is 40.7 Å². The Morgan fingerprint density at radius 1 is 0.865 bits per heavy atom. The molecule has 1 N–H and O–H groups in total. The molecule has 0 aliphatic rings. The van der Waals surface area contributed by atoms with Gasteiger partial charge in [-0.15, -0.1) is 0 Å². The van der Waals surface area contributed by atoms with E-state index in [1.54, 1.807) is 108 Å². The van der Waals surface area contributed by atoms with E-state index >= 15 is 0 Å². The van der Waals surface area contributed by atoms with Gasteiger partial charge < -0.3 is 0 Å². The van der Waals surface area contributed by atoms with Crippen molar-refractivity contribution >= 4 is 33.8 Å². The van der Waals surface area contributed by atoms with E-state index in [4.69, 9.17) is 4.08 Å². The summed E-state index contributed by atoms with van der Waals surface area (Å²) in [7, 11) is -5.02. The quantitative estimate of drug-likeness (QED) is 0.204. The van der Waals surface area contributed by atoms with Crippen molar-refractivity contribution in [2.75, 3.05) is 0 Å². The van der Waals surface area contributed by atoms with Crippen molar-refractivity contribution in [3.8, 4) is 0 Å². The minimum atomic E-state index is -5.02. The second-order valence-electron chi connectivity index (χ2n) is 8.27. The Labute approximate surface area is 214 Å². The zero-order chi connectivity index (χ0) is 26.1. The van der Waals surface area contributed by atoms with E-state index in [1.807, 2.05) is 0 Å². The number of nitrogens with one attached hydrogen (secondary N) is 1. The Morgan fingerprint density at radius 2 is 1.35 bits per heavy atom. The SMILES string of the molecule is C=CCn1cc(P(O[Cl+3]([O-])([O-])[O-])(c2ccccc2)(c2ccccc2)c2ccccc2)c(=N)n2ncnc12. The van der Waals surface area contributed by atoms with E-state index in [-0.39, 0.29) is 17.3 Å². The summed E-state index contributed by atoms with van der Waals surface area (Å²) < 4.78 is 47.4. The summed E-state index contributed by atoms with van der Waals surface area (Å²) in [6, 6.07) is 26.2. The maximum absolute atomic E-state index is 12.8. The third kappa shape index (κ3) is 3.81. The second-order valence-corrected chi connectivity index (χ2v) is 13.7. The van der Waals surface area contributed by atoms with Gasteiger partial charge in [0.05, 0.1) is 0 Å². The summed E-state index contributed by atoms with van der Waals surface area (Å²) in [6.45, 7) is -0.865. The molecule has 0 amide bonds. The standard InChI is InChI=1S/C26H23ClN5O4P/c1-2-18-31-19-24(25(28)32-26(31)29-20-30-32)37(36-27(33,34)35,21-12-6-3-7-13-21,22-14-8-4-9-15-22)23-16-10-5-11-17-23/h2-17,19-20,28H,1,18H2. The van der Waals surface area contributed by atoms with Crippen LogP contribution >= 0.6 is 6.83 Å². The Kier molecular flexibility index (Phi) is 6.29. The van der Waals surface area contributed by atoms with Crippen LogP contribution in [-0.2, 0) is 10.6 Å². The number of hydrogen-bond donors (Lipinski definition) is 1. The first-order valence-corrected chi connectivity index (χ1v) is 14.6. The van der Waals surface area contributed by atoms with Crippen LogP contribution in [0.25, 0.3) is 5.78 Å². The number of aromatic nitrogens is 4. The van der Waals surface area contributed by atoms with Crippen LogP contribution in [0.15, 0.2) is 116 Å². The summed E-state index contributed by atoms with van der Waals surface area (Å²) in [5.41, 5.74) is -0.166. The molecule has 0 atom stereocenters. The molecule has 11 heteroatoms. The predicted molar refractivity (Wildman–Crippen MR) is 133 cm³/mol. The molecule has 37 heavy (non-hydrogen) atoms. The van der Waals surface area contributed by atoms with Gasteiger partial charge in [0, 0.05) is 0 Å². The zero-order valence-electron chi connectivity index (χ0n) is 19.6. The first-order chi connectivity index (χ1) is 17.8. The third-order valence-corrected chi connectivity index (χ3v) is 13.2. The Hall–Kier alpha value is -3.69. The molecule has 0 saturated heterocycles. The summed E-state index contributed by atoms with van der Waals surface area (Å²) in [6.07, 6.45) is 4.58. The molecule has 0 saturated carbocycles. The van der Waals surface area contributed by atoms with E-state index < -0.39 is 17.1 Å². The number of halogens is 1. The van der Waals surface area contributed by atoms with Crippen LogP contribution in [0.4, 0.5) is 0 Å². The fourth-order valence-electron chi connectivity index (χ4n) is 4.88. The van der Waals surface area contributed by atoms with Crippen molar-refractivity contribution in [1.82, 2.24) is 19.2 Å². The minimum absolute atomic E-state index is 0.166. The van der Waals surface area contributed by atoms with Gasteiger partial charge in [-0.3, -0.25) is 0 Å². The van der Waals surface area contributed by atoms with Crippen LogP contribution in [0.2, 0.25) is 0 Å². The van der Waals surface area contributed by atoms with Crippen LogP contribution in [0.3, 0.4) is 0 Å². The van der Waals surface area contributed by atoms with Crippen LogP contribution in [0.5, 0.6) is 0 Å². The fraction of sp³-hybridized carbons (Fsp3) is 0.0385. The number of hydrogen-bond acceptors (Lipinski definition) is 7. The molecule has 2 heterocycles. The van der Waals surface area contributed by atoms with Crippen molar-refractivity contribution in [2.45, 2.75) is 6.54 Å². The molecular formula is C26H23ClN5O4P. The van der Waals surface area contributed by atoms with Gasteiger partial charge in [0.2, 0.25) is 0 Å². The number of benzene rings is 3. The second kappa shape index (κ2) is 9.32. The molecular weight excluding hydrogens is 513 g/mol. The van der Waals surface area contributed by atoms with Gasteiger partial charge in [0.25, 0.3) is 0 Å². The van der Waals surface area contributed by atoms with E-state index in [0.29, 0.717) is 21.7 Å². The summed E-state index contributed by atoms with van der Waals surface area (Å²) in [5.74, 6) is 0.349. The molecule has 0 unspecified atom stereocenters. The summed E-state index contributed by atoms with van der Waals surface area (Å²) in [5, 5.41) is 15.0. The molecule has 0 aliphatic heterocycles. The first kappa shape index (κ1) is 25.0. The number of nitrogens with zero attached hydrogens (tertiary/aromatic N) is 4. The van der Waals surface area contributed by atoms with Gasteiger partial charge in [-0.1, -0.05) is 0 Å². The van der Waals surface area contributed by atoms with Crippen LogP contribution in [-0.4, -0.2) is 19.2 Å².